The number of anilines is 1. The van der Waals surface area contributed by atoms with Gasteiger partial charge in [0.05, 0.1) is 11.1 Å². The Hall–Kier alpha value is -3.31. The predicted octanol–water partition coefficient (Wildman–Crippen LogP) is 2.68. The van der Waals surface area contributed by atoms with Crippen molar-refractivity contribution in [2.75, 3.05) is 18.4 Å². The van der Waals surface area contributed by atoms with Crippen molar-refractivity contribution in [3.63, 3.8) is 0 Å². The van der Waals surface area contributed by atoms with Gasteiger partial charge in [0.15, 0.2) is 0 Å². The normalized spacial score (nSPS) is 12.5. The number of urea groups is 1. The first-order chi connectivity index (χ1) is 12.6. The third kappa shape index (κ3) is 3.68. The topological polar surface area (TPSA) is 102 Å². The largest absolute Gasteiger partial charge is 0.336 e. The summed E-state index contributed by atoms with van der Waals surface area (Å²) in [4.78, 5) is 38.2. The van der Waals surface area contributed by atoms with E-state index in [0.717, 1.165) is 21.6 Å². The van der Waals surface area contributed by atoms with Gasteiger partial charge in [0.2, 0.25) is 0 Å². The van der Waals surface area contributed by atoms with Crippen LogP contribution in [-0.4, -0.2) is 35.8 Å². The molecule has 1 aliphatic rings. The Kier molecular flexibility index (Phi) is 5.20. The number of nitrogens with zero attached hydrogens (tertiary/aromatic N) is 2. The molecule has 0 unspecified atom stereocenters. The second kappa shape index (κ2) is 7.72. The molecule has 2 N–H and O–H groups in total. The van der Waals surface area contributed by atoms with Gasteiger partial charge in [-0.05, 0) is 48.2 Å². The van der Waals surface area contributed by atoms with Crippen molar-refractivity contribution < 1.29 is 14.4 Å². The van der Waals surface area contributed by atoms with Gasteiger partial charge in [-0.2, -0.15) is 5.26 Å². The zero-order valence-electron chi connectivity index (χ0n) is 13.6. The van der Waals surface area contributed by atoms with Crippen molar-refractivity contribution in [3.05, 3.63) is 59.7 Å². The average molecular weight is 366 g/mol. The van der Waals surface area contributed by atoms with Crippen LogP contribution in [0.2, 0.25) is 0 Å². The number of fused-ring (bicyclic) bond motifs is 1. The highest BCUT2D eigenvalue weighted by Crippen LogP contribution is 2.22. The van der Waals surface area contributed by atoms with Gasteiger partial charge in [-0.25, -0.2) is 4.79 Å². The van der Waals surface area contributed by atoms with Gasteiger partial charge in [-0.1, -0.05) is 12.1 Å². The highest BCUT2D eigenvalue weighted by molar-refractivity contribution is 8.03. The first-order valence-corrected chi connectivity index (χ1v) is 8.58. The number of nitriles is 1. The summed E-state index contributed by atoms with van der Waals surface area (Å²) < 4.78 is 0. The third-order valence-electron chi connectivity index (χ3n) is 3.77. The highest BCUT2D eigenvalue weighted by Gasteiger charge is 2.34. The van der Waals surface area contributed by atoms with Gasteiger partial charge in [-0.3, -0.25) is 14.5 Å². The monoisotopic (exact) mass is 366 g/mol. The predicted molar refractivity (Wildman–Crippen MR) is 96.7 cm³/mol. The number of imide groups is 1. The molecule has 8 heteroatoms. The molecule has 4 amide bonds. The summed E-state index contributed by atoms with van der Waals surface area (Å²) in [6, 6.07) is 13.0. The van der Waals surface area contributed by atoms with E-state index in [-0.39, 0.29) is 24.9 Å². The lowest BCUT2D eigenvalue weighted by atomic mass is 10.1. The molecule has 0 fully saturated rings. The molecule has 3 rings (SSSR count). The van der Waals surface area contributed by atoms with Crippen LogP contribution >= 0.6 is 11.8 Å². The van der Waals surface area contributed by atoms with Crippen molar-refractivity contribution in [2.45, 2.75) is 4.90 Å². The van der Waals surface area contributed by atoms with Gasteiger partial charge in [0.25, 0.3) is 11.8 Å². The molecule has 130 valence electrons. The minimum Gasteiger partial charge on any atom is -0.336 e. The van der Waals surface area contributed by atoms with Crippen LogP contribution in [0.4, 0.5) is 10.5 Å². The Balaban J connectivity index is 1.49. The van der Waals surface area contributed by atoms with E-state index >= 15 is 0 Å². The average Bonchev–Trinajstić information content (AvgIpc) is 2.89. The summed E-state index contributed by atoms with van der Waals surface area (Å²) in [6.07, 6.45) is 0. The summed E-state index contributed by atoms with van der Waals surface area (Å²) in [6.45, 7) is 0.233. The number of benzene rings is 2. The number of carbonyl (C=O) groups is 3. The Labute approximate surface area is 154 Å². The van der Waals surface area contributed by atoms with Crippen LogP contribution in [0.5, 0.6) is 0 Å². The zero-order valence-corrected chi connectivity index (χ0v) is 14.4. The number of thiocyanates is 1. The van der Waals surface area contributed by atoms with Crippen LogP contribution in [-0.2, 0) is 0 Å². The Morgan fingerprint density at radius 3 is 2.23 bits per heavy atom. The fourth-order valence-corrected chi connectivity index (χ4v) is 2.94. The number of nitrogens with one attached hydrogen (secondary N) is 2. The Morgan fingerprint density at radius 1 is 1.04 bits per heavy atom. The SMILES string of the molecule is N#CSc1ccc(NC(=O)NCCN2C(=O)c3ccccc3C2=O)cc1. The molecule has 0 bridgehead atoms. The second-order valence-electron chi connectivity index (χ2n) is 5.41. The highest BCUT2D eigenvalue weighted by atomic mass is 32.2. The van der Waals surface area contributed by atoms with Crippen LogP contribution < -0.4 is 10.6 Å². The van der Waals surface area contributed by atoms with Crippen LogP contribution in [0.15, 0.2) is 53.4 Å². The molecule has 0 atom stereocenters. The van der Waals surface area contributed by atoms with Crippen LogP contribution in [0.25, 0.3) is 0 Å². The molecule has 1 heterocycles. The minimum atomic E-state index is -0.442. The second-order valence-corrected chi connectivity index (χ2v) is 6.26. The fourth-order valence-electron chi connectivity index (χ4n) is 2.56. The number of thioether (sulfide) groups is 1. The number of carbonyl (C=O) groups excluding carboxylic acids is 3. The van der Waals surface area contributed by atoms with E-state index in [9.17, 15) is 14.4 Å². The molecule has 2 aromatic rings. The lowest BCUT2D eigenvalue weighted by Gasteiger charge is -2.14. The van der Waals surface area contributed by atoms with Crippen molar-refractivity contribution in [3.8, 4) is 5.40 Å². The van der Waals surface area contributed by atoms with Gasteiger partial charge in [0.1, 0.15) is 5.40 Å². The van der Waals surface area contributed by atoms with E-state index in [1.54, 1.807) is 48.5 Å². The zero-order chi connectivity index (χ0) is 18.5. The van der Waals surface area contributed by atoms with Crippen molar-refractivity contribution in [2.24, 2.45) is 0 Å². The molecule has 0 aliphatic carbocycles. The maximum Gasteiger partial charge on any atom is 0.319 e. The molecular formula is C18H14N4O3S. The van der Waals surface area contributed by atoms with E-state index in [4.69, 9.17) is 5.26 Å². The maximum atomic E-state index is 12.2. The number of amides is 4. The molecule has 0 spiro atoms. The molecule has 0 saturated carbocycles. The van der Waals surface area contributed by atoms with Gasteiger partial charge in [-0.15, -0.1) is 0 Å². The quantitative estimate of drug-likeness (QED) is 0.481. The van der Waals surface area contributed by atoms with Gasteiger partial charge < -0.3 is 10.6 Å². The first-order valence-electron chi connectivity index (χ1n) is 7.76. The molecule has 7 nitrogen and oxygen atoms in total. The molecule has 2 aromatic carbocycles. The van der Waals surface area contributed by atoms with E-state index in [1.165, 1.54) is 0 Å². The van der Waals surface area contributed by atoms with Crippen LogP contribution in [0.3, 0.4) is 0 Å². The van der Waals surface area contributed by atoms with E-state index in [2.05, 4.69) is 10.6 Å². The number of rotatable bonds is 5. The third-order valence-corrected chi connectivity index (χ3v) is 4.37. The first kappa shape index (κ1) is 17.5. The fraction of sp³-hybridized carbons (Fsp3) is 0.111. The summed E-state index contributed by atoms with van der Waals surface area (Å²) in [5.41, 5.74) is 1.35. The minimum absolute atomic E-state index is 0.0948. The van der Waals surface area contributed by atoms with Crippen LogP contribution in [0, 0.1) is 10.7 Å². The number of hydrogen-bond donors (Lipinski definition) is 2. The lowest BCUT2D eigenvalue weighted by Crippen LogP contribution is -2.39. The Bertz CT molecular complexity index is 870. The summed E-state index contributed by atoms with van der Waals surface area (Å²) in [5, 5.41) is 15.8. The summed E-state index contributed by atoms with van der Waals surface area (Å²) in [5.74, 6) is -0.697. The molecule has 26 heavy (non-hydrogen) atoms. The molecular weight excluding hydrogens is 352 g/mol. The van der Waals surface area contributed by atoms with Gasteiger partial charge >= 0.3 is 6.03 Å². The lowest BCUT2D eigenvalue weighted by molar-refractivity contribution is 0.0656. The van der Waals surface area contributed by atoms with Crippen LogP contribution in [0.1, 0.15) is 20.7 Å². The summed E-state index contributed by atoms with van der Waals surface area (Å²) in [7, 11) is 0. The van der Waals surface area contributed by atoms with E-state index in [0.29, 0.717) is 16.8 Å². The maximum absolute atomic E-state index is 12.2. The van der Waals surface area contributed by atoms with Crippen molar-refractivity contribution in [1.29, 1.82) is 5.26 Å². The molecule has 0 radical (unpaired) electrons. The smallest absolute Gasteiger partial charge is 0.319 e. The molecule has 0 aromatic heterocycles. The Morgan fingerprint density at radius 2 is 1.65 bits per heavy atom. The van der Waals surface area contributed by atoms with Crippen molar-refractivity contribution >= 4 is 35.3 Å². The molecule has 0 saturated heterocycles. The van der Waals surface area contributed by atoms with E-state index < -0.39 is 6.03 Å². The standard InChI is InChI=1S/C18H14N4O3S/c19-11-26-13-7-5-12(6-8-13)21-18(25)20-9-10-22-16(23)14-3-1-2-4-15(14)17(22)24/h1-8H,9-10H2,(H2,20,21,25). The molecule has 1 aliphatic heterocycles. The number of hydrogen-bond acceptors (Lipinski definition) is 5. The van der Waals surface area contributed by atoms with Gasteiger partial charge in [0, 0.05) is 23.7 Å². The van der Waals surface area contributed by atoms with E-state index in [1.807, 2.05) is 5.40 Å². The summed E-state index contributed by atoms with van der Waals surface area (Å²) >= 11 is 1.03. The van der Waals surface area contributed by atoms with Crippen molar-refractivity contribution in [1.82, 2.24) is 10.2 Å².